The minimum absolute atomic E-state index is 0.00656. The Labute approximate surface area is 685 Å². The number of hydrogen-bond donors (Lipinski definition) is 0. The smallest absolute Gasteiger partial charge is 0.335 e. The third-order valence-corrected chi connectivity index (χ3v) is 27.9. The van der Waals surface area contributed by atoms with Crippen LogP contribution in [0.3, 0.4) is 0 Å². The maximum atomic E-state index is 14.5. The molecule has 0 radical (unpaired) electrons. The van der Waals surface area contributed by atoms with Gasteiger partial charge in [0.1, 0.15) is 34.5 Å². The van der Waals surface area contributed by atoms with Crippen LogP contribution in [0.4, 0.5) is 0 Å². The fourth-order valence-corrected chi connectivity index (χ4v) is 21.8. The molecular weight excluding hydrogens is 1540 g/mol. The highest BCUT2D eigenvalue weighted by Crippen LogP contribution is 2.63. The molecule has 0 saturated carbocycles. The standard InChI is InChI=1S/C98H74N8O8P4/c1-11-65-21-29-73-37-45-99(83(73)53-65)115(100-46-38-74-30-22-66(12-2)54-84(74)100)111-91-61-81(109-95(107)19-9)62-92(112-116(101-47-39-75-31-23-67(13-3)55-85(75)101)102-48-40-76-32-24-68(14-4)56-86(76)102)97(91)98-93(113-117(103-49-41-77-33-25-69(15-5)57-87(77)103)104-50-42-78-34-26-70(16-6)58-88(78)104)63-82(110-96(108)20-10)64-94(98)114-118(105-51-43-79-35-27-71(17-7)59-89(79)105)106-52-44-80-36-28-72(18-8)60-90(80)106/h11-64H,1-10H2. The second kappa shape index (κ2) is 31.5. The van der Waals surface area contributed by atoms with Crippen molar-refractivity contribution in [3.8, 4) is 45.6 Å². The zero-order valence-corrected chi connectivity index (χ0v) is 67.5. The highest BCUT2D eigenvalue weighted by Gasteiger charge is 2.37. The first kappa shape index (κ1) is 75.2. The summed E-state index contributed by atoms with van der Waals surface area (Å²) >= 11 is 0. The van der Waals surface area contributed by atoms with Crippen LogP contribution in [0.25, 0.3) is 147 Å². The molecule has 0 aliphatic rings. The number of ether oxygens (including phenoxy) is 2. The van der Waals surface area contributed by atoms with E-state index in [4.69, 9.17) is 27.6 Å². The molecule has 0 aliphatic carbocycles. The number of esters is 2. The largest absolute Gasteiger partial charge is 0.435 e. The molecule has 0 N–H and O–H groups in total. The number of nitrogens with zero attached hydrogens (tertiary/aromatic N) is 8. The van der Waals surface area contributed by atoms with Crippen LogP contribution in [0.15, 0.2) is 346 Å². The summed E-state index contributed by atoms with van der Waals surface area (Å²) in [7, 11) is -9.05. The lowest BCUT2D eigenvalue weighted by Gasteiger charge is -2.30. The summed E-state index contributed by atoms with van der Waals surface area (Å²) in [5.41, 5.74) is 13.8. The van der Waals surface area contributed by atoms with Gasteiger partial charge in [-0.1, -0.05) is 211 Å². The molecule has 118 heavy (non-hydrogen) atoms. The number of aromatic nitrogens is 8. The number of hydrogen-bond acceptors (Lipinski definition) is 8. The van der Waals surface area contributed by atoms with E-state index in [1.807, 2.05) is 147 Å². The Bertz CT molecular complexity index is 6080. The number of fused-ring (bicyclic) bond motifs is 8. The number of benzene rings is 10. The van der Waals surface area contributed by atoms with Gasteiger partial charge in [-0.05, 0) is 142 Å². The van der Waals surface area contributed by atoms with Gasteiger partial charge in [0.15, 0.2) is 0 Å². The molecule has 10 aromatic carbocycles. The lowest BCUT2D eigenvalue weighted by atomic mass is 10.0. The van der Waals surface area contributed by atoms with Crippen molar-refractivity contribution in [3.63, 3.8) is 0 Å². The molecule has 0 unspecified atom stereocenters. The van der Waals surface area contributed by atoms with Crippen LogP contribution in [0.5, 0.6) is 34.5 Å². The summed E-state index contributed by atoms with van der Waals surface area (Å²) in [4.78, 5) is 29.0. The van der Waals surface area contributed by atoms with Crippen LogP contribution in [0.1, 0.15) is 44.5 Å². The second-order valence-corrected chi connectivity index (χ2v) is 33.9. The first-order chi connectivity index (χ1) is 57.7. The molecule has 0 aliphatic heterocycles. The Morgan fingerprint density at radius 3 is 0.534 bits per heavy atom. The molecule has 20 heteroatoms. The van der Waals surface area contributed by atoms with E-state index in [0.717, 1.165) is 144 Å². The van der Waals surface area contributed by atoms with Gasteiger partial charge in [0.2, 0.25) is 0 Å². The van der Waals surface area contributed by atoms with Gasteiger partial charge in [0.05, 0.1) is 55.3 Å². The van der Waals surface area contributed by atoms with E-state index in [9.17, 15) is 9.59 Å². The third-order valence-electron chi connectivity index (χ3n) is 20.8. The average molecular weight is 1620 g/mol. The van der Waals surface area contributed by atoms with Crippen molar-refractivity contribution in [2.75, 3.05) is 0 Å². The quantitative estimate of drug-likeness (QED) is 0.0196. The van der Waals surface area contributed by atoms with Gasteiger partial charge < -0.3 is 27.6 Å². The minimum atomic E-state index is -2.26. The Morgan fingerprint density at radius 2 is 0.390 bits per heavy atom. The summed E-state index contributed by atoms with van der Waals surface area (Å²) in [5, 5.41) is 7.29. The van der Waals surface area contributed by atoms with E-state index < -0.39 is 45.7 Å². The maximum absolute atomic E-state index is 14.5. The van der Waals surface area contributed by atoms with Gasteiger partial charge in [-0.2, -0.15) is 0 Å². The van der Waals surface area contributed by atoms with E-state index in [1.165, 1.54) is 0 Å². The number of carbonyl (C=O) groups excluding carboxylic acids is 2. The van der Waals surface area contributed by atoms with Gasteiger partial charge in [-0.3, -0.25) is 34.7 Å². The molecular formula is C98H74N8O8P4. The molecule has 18 aromatic rings. The molecule has 16 nitrogen and oxygen atoms in total. The van der Waals surface area contributed by atoms with E-state index in [0.29, 0.717) is 0 Å². The Kier molecular flexibility index (Phi) is 20.1. The zero-order chi connectivity index (χ0) is 81.0. The summed E-state index contributed by atoms with van der Waals surface area (Å²) in [6.07, 6.45) is 32.8. The number of carbonyl (C=O) groups is 2. The fraction of sp³-hybridized carbons (Fsp3) is 0. The minimum Gasteiger partial charge on any atom is -0.435 e. The van der Waals surface area contributed by atoms with Crippen molar-refractivity contribution in [1.82, 2.24) is 34.7 Å². The van der Waals surface area contributed by atoms with Crippen LogP contribution >= 0.6 is 33.8 Å². The summed E-state index contributed by atoms with van der Waals surface area (Å²) in [6, 6.07) is 72.4. The average Bonchev–Trinajstić information content (AvgIpc) is 1.12. The topological polar surface area (TPSA) is 129 Å². The van der Waals surface area contributed by atoms with E-state index in [-0.39, 0.29) is 45.6 Å². The highest BCUT2D eigenvalue weighted by molar-refractivity contribution is 7.51. The Morgan fingerprint density at radius 1 is 0.229 bits per heavy atom. The van der Waals surface area contributed by atoms with Crippen molar-refractivity contribution in [1.29, 1.82) is 0 Å². The third kappa shape index (κ3) is 13.8. The van der Waals surface area contributed by atoms with Gasteiger partial charge in [0, 0.05) is 129 Å². The monoisotopic (exact) mass is 1610 g/mol. The molecule has 0 bridgehead atoms. The van der Waals surface area contributed by atoms with Crippen molar-refractivity contribution >= 4 is 182 Å². The normalized spacial score (nSPS) is 11.6. The van der Waals surface area contributed by atoms with E-state index in [1.54, 1.807) is 24.3 Å². The first-order valence-corrected chi connectivity index (χ1v) is 42.3. The van der Waals surface area contributed by atoms with Crippen molar-refractivity contribution < 1.29 is 37.2 Å². The van der Waals surface area contributed by atoms with Gasteiger partial charge in [0.25, 0.3) is 0 Å². The molecule has 0 amide bonds. The second-order valence-electron chi connectivity index (χ2n) is 27.7. The molecule has 8 aromatic heterocycles. The summed E-state index contributed by atoms with van der Waals surface area (Å²) in [5.74, 6) is -1.15. The van der Waals surface area contributed by atoms with E-state index in [2.05, 4.69) is 246 Å². The van der Waals surface area contributed by atoms with Crippen LogP contribution in [0.2, 0.25) is 0 Å². The predicted molar refractivity (Wildman–Crippen MR) is 493 cm³/mol. The SMILES string of the molecule is C=CC(=O)Oc1cc(OP(n2ccc3ccc(C=C)cc32)n2ccc3ccc(C=C)cc32)c(-c2c(OP(n3ccc4ccc(C=C)cc43)n3ccc4ccc(C=C)cc43)cc(OC(=O)C=C)cc2OP(n2ccc3ccc(C=C)cc32)n2ccc3ccc(C=C)cc32)c(OP(n2ccc3ccc(C=C)cc32)n2ccc3ccc(C=C)cc32)c1. The van der Waals surface area contributed by atoms with Gasteiger partial charge in [-0.15, -0.1) is 0 Å². The summed E-state index contributed by atoms with van der Waals surface area (Å²) < 4.78 is 63.2. The molecule has 0 saturated heterocycles. The van der Waals surface area contributed by atoms with Crippen LogP contribution in [0, 0.1) is 0 Å². The molecule has 574 valence electrons. The van der Waals surface area contributed by atoms with Crippen molar-refractivity contribution in [2.24, 2.45) is 0 Å². The highest BCUT2D eigenvalue weighted by atomic mass is 31.2. The lowest BCUT2D eigenvalue weighted by molar-refractivity contribution is -0.129. The van der Waals surface area contributed by atoms with Crippen LogP contribution < -0.4 is 27.6 Å². The Balaban J connectivity index is 1.02. The first-order valence-electron chi connectivity index (χ1n) is 37.6. The number of rotatable bonds is 29. The van der Waals surface area contributed by atoms with Crippen molar-refractivity contribution in [2.45, 2.75) is 0 Å². The molecule has 0 atom stereocenters. The fourth-order valence-electron chi connectivity index (χ4n) is 14.7. The van der Waals surface area contributed by atoms with E-state index >= 15 is 0 Å². The molecule has 18 rings (SSSR count). The summed E-state index contributed by atoms with van der Waals surface area (Å²) in [6.45, 7) is 41.6. The van der Waals surface area contributed by atoms with Crippen LogP contribution in [-0.4, -0.2) is 46.6 Å². The molecule has 8 heterocycles. The Hall–Kier alpha value is -14.2. The van der Waals surface area contributed by atoms with Crippen molar-refractivity contribution in [3.05, 3.63) is 390 Å². The molecule has 0 spiro atoms. The van der Waals surface area contributed by atoms with Gasteiger partial charge >= 0.3 is 45.7 Å². The lowest BCUT2D eigenvalue weighted by Crippen LogP contribution is -2.12. The zero-order valence-electron chi connectivity index (χ0n) is 63.9. The van der Waals surface area contributed by atoms with Crippen LogP contribution in [-0.2, 0) is 9.59 Å². The van der Waals surface area contributed by atoms with Gasteiger partial charge in [-0.25, -0.2) is 9.59 Å². The maximum Gasteiger partial charge on any atom is 0.335 e. The predicted octanol–water partition coefficient (Wildman–Crippen LogP) is 27.1. The molecule has 0 fully saturated rings.